The van der Waals surface area contributed by atoms with Crippen LogP contribution in [-0.2, 0) is 10.8 Å². The summed E-state index contributed by atoms with van der Waals surface area (Å²) in [6, 6.07) is 74.5. The van der Waals surface area contributed by atoms with Crippen molar-refractivity contribution >= 4 is 39.0 Å². The molecule has 0 fully saturated rings. The second kappa shape index (κ2) is 12.1. The van der Waals surface area contributed by atoms with Crippen molar-refractivity contribution < 1.29 is 4.42 Å². The van der Waals surface area contributed by atoms with Crippen LogP contribution in [0.2, 0.25) is 0 Å². The van der Waals surface area contributed by atoms with Gasteiger partial charge in [0.2, 0.25) is 0 Å². The highest BCUT2D eigenvalue weighted by atomic mass is 16.3. The van der Waals surface area contributed by atoms with Crippen LogP contribution in [0.1, 0.15) is 47.2 Å². The van der Waals surface area contributed by atoms with E-state index in [9.17, 15) is 0 Å². The minimum absolute atomic E-state index is 0.158. The highest BCUT2D eigenvalue weighted by Crippen LogP contribution is 2.62. The van der Waals surface area contributed by atoms with E-state index in [2.05, 4.69) is 219 Å². The number of rotatable bonds is 3. The van der Waals surface area contributed by atoms with E-state index >= 15 is 0 Å². The van der Waals surface area contributed by atoms with Crippen molar-refractivity contribution in [3.8, 4) is 44.5 Å². The molecule has 13 rings (SSSR count). The van der Waals surface area contributed by atoms with Crippen molar-refractivity contribution in [2.45, 2.75) is 24.7 Å². The van der Waals surface area contributed by atoms with Crippen LogP contribution < -0.4 is 4.90 Å². The van der Waals surface area contributed by atoms with E-state index in [1.165, 1.54) is 77.9 Å². The van der Waals surface area contributed by atoms with Crippen molar-refractivity contribution in [2.24, 2.45) is 0 Å². The Morgan fingerprint density at radius 3 is 1.40 bits per heavy atom. The maximum absolute atomic E-state index is 6.57. The van der Waals surface area contributed by atoms with Gasteiger partial charge in [-0.25, -0.2) is 0 Å². The highest BCUT2D eigenvalue weighted by Gasteiger charge is 2.50. The van der Waals surface area contributed by atoms with Gasteiger partial charge in [0.05, 0.1) is 16.5 Å². The summed E-state index contributed by atoms with van der Waals surface area (Å²) in [5.74, 6) is 0. The second-order valence-corrected chi connectivity index (χ2v) is 17.1. The van der Waals surface area contributed by atoms with Crippen LogP contribution in [0.5, 0.6) is 0 Å². The lowest BCUT2D eigenvalue weighted by atomic mass is 9.66. The zero-order valence-electron chi connectivity index (χ0n) is 33.4. The average molecular weight is 766 g/mol. The van der Waals surface area contributed by atoms with Gasteiger partial charge in [-0.05, 0) is 120 Å². The van der Waals surface area contributed by atoms with Gasteiger partial charge in [-0.15, -0.1) is 0 Å². The second-order valence-electron chi connectivity index (χ2n) is 17.1. The molecule has 0 saturated heterocycles. The van der Waals surface area contributed by atoms with Crippen molar-refractivity contribution in [1.29, 1.82) is 0 Å². The lowest BCUT2D eigenvalue weighted by Gasteiger charge is -2.36. The molecule has 282 valence electrons. The van der Waals surface area contributed by atoms with Gasteiger partial charge in [0.25, 0.3) is 0 Å². The Hall–Kier alpha value is -7.42. The van der Waals surface area contributed by atoms with Gasteiger partial charge in [0.15, 0.2) is 0 Å². The van der Waals surface area contributed by atoms with Crippen LogP contribution in [-0.4, -0.2) is 0 Å². The zero-order valence-corrected chi connectivity index (χ0v) is 33.4. The smallest absolute Gasteiger partial charge is 0.137 e. The number of furan rings is 1. The van der Waals surface area contributed by atoms with Crippen LogP contribution in [0.25, 0.3) is 66.4 Å². The third-order valence-corrected chi connectivity index (χ3v) is 13.9. The van der Waals surface area contributed by atoms with E-state index in [-0.39, 0.29) is 5.41 Å². The van der Waals surface area contributed by atoms with E-state index in [0.29, 0.717) is 0 Å². The molecule has 10 aromatic rings. The summed E-state index contributed by atoms with van der Waals surface area (Å²) in [4.78, 5) is 2.49. The fraction of sp³-hybridized carbons (Fsp3) is 0.0690. The largest absolute Gasteiger partial charge is 0.456 e. The van der Waals surface area contributed by atoms with E-state index in [4.69, 9.17) is 4.42 Å². The molecule has 0 amide bonds. The summed E-state index contributed by atoms with van der Waals surface area (Å²) in [5.41, 5.74) is 22.5. The molecule has 0 N–H and O–H groups in total. The van der Waals surface area contributed by atoms with Gasteiger partial charge >= 0.3 is 0 Å². The SMILES string of the molecule is CC1(C)c2ccccc2-c2ccc(N(c3ccc4c(c3)C3(c5ccccc5-c5ccccc5-c5ccccc53)c3ccccc3-4)c3cccc4oc5ccccc5c34)cc21. The number of benzene rings is 9. The Balaban J connectivity index is 1.14. The highest BCUT2D eigenvalue weighted by molar-refractivity contribution is 6.13. The van der Waals surface area contributed by atoms with Gasteiger partial charge in [-0.3, -0.25) is 0 Å². The van der Waals surface area contributed by atoms with Crippen molar-refractivity contribution in [1.82, 2.24) is 0 Å². The maximum atomic E-state index is 6.57. The number of anilines is 3. The Morgan fingerprint density at radius 1 is 0.350 bits per heavy atom. The lowest BCUT2D eigenvalue weighted by molar-refractivity contribution is 0.660. The molecule has 3 aliphatic rings. The van der Waals surface area contributed by atoms with Crippen LogP contribution in [0.15, 0.2) is 205 Å². The quantitative estimate of drug-likeness (QED) is 0.178. The molecule has 1 spiro atoms. The number of hydrogen-bond donors (Lipinski definition) is 0. The average Bonchev–Trinajstić information content (AvgIpc) is 3.88. The number of para-hydroxylation sites is 1. The van der Waals surface area contributed by atoms with Gasteiger partial charge in [0, 0.05) is 22.2 Å². The number of hydrogen-bond acceptors (Lipinski definition) is 2. The molecule has 1 aromatic heterocycles. The summed E-state index contributed by atoms with van der Waals surface area (Å²) < 4.78 is 6.57. The molecule has 60 heavy (non-hydrogen) atoms. The molecule has 1 heterocycles. The molecule has 9 aromatic carbocycles. The fourth-order valence-electron chi connectivity index (χ4n) is 11.4. The minimum atomic E-state index is -0.588. The summed E-state index contributed by atoms with van der Waals surface area (Å²) in [5, 5.41) is 2.21. The minimum Gasteiger partial charge on any atom is -0.456 e. The molecule has 0 atom stereocenters. The molecule has 2 nitrogen and oxygen atoms in total. The monoisotopic (exact) mass is 765 g/mol. The fourth-order valence-corrected chi connectivity index (χ4v) is 11.4. The predicted octanol–water partition coefficient (Wildman–Crippen LogP) is 15.4. The summed E-state index contributed by atoms with van der Waals surface area (Å²) >= 11 is 0. The Kier molecular flexibility index (Phi) is 6.74. The number of fused-ring (bicyclic) bond motifs is 18. The first-order valence-electron chi connectivity index (χ1n) is 21.0. The van der Waals surface area contributed by atoms with E-state index < -0.39 is 5.41 Å². The van der Waals surface area contributed by atoms with E-state index in [1.54, 1.807) is 0 Å². The Morgan fingerprint density at radius 2 is 0.783 bits per heavy atom. The van der Waals surface area contributed by atoms with Crippen LogP contribution in [0, 0.1) is 0 Å². The topological polar surface area (TPSA) is 16.4 Å². The summed E-state index contributed by atoms with van der Waals surface area (Å²) in [6.07, 6.45) is 0. The third-order valence-electron chi connectivity index (χ3n) is 13.9. The van der Waals surface area contributed by atoms with Crippen molar-refractivity contribution in [3.05, 3.63) is 234 Å². The van der Waals surface area contributed by atoms with Crippen LogP contribution in [0.3, 0.4) is 0 Å². The Labute approximate surface area is 349 Å². The molecule has 2 heteroatoms. The molecule has 0 saturated carbocycles. The molecule has 0 unspecified atom stereocenters. The lowest BCUT2D eigenvalue weighted by Crippen LogP contribution is -2.29. The Bertz CT molecular complexity index is 3370. The van der Waals surface area contributed by atoms with Crippen LogP contribution in [0.4, 0.5) is 17.1 Å². The van der Waals surface area contributed by atoms with E-state index in [0.717, 1.165) is 39.0 Å². The molecular formula is C58H39NO. The molecule has 0 aliphatic heterocycles. The van der Waals surface area contributed by atoms with Crippen molar-refractivity contribution in [3.63, 3.8) is 0 Å². The standard InChI is InChI=1S/C58H39NO/c1-57(2)47-23-10-5-20-42(47)44-32-30-36(34-51(44)57)59(53-27-15-29-55-56(53)46-22-9-14-28-54(46)60-55)37-31-33-45-43-21-8-13-26-50(43)58(52(45)35-37)48-24-11-6-18-40(48)38-16-3-4-17-39(38)41-19-7-12-25-49(41)58/h3-35H,1-2H3. The maximum Gasteiger partial charge on any atom is 0.137 e. The summed E-state index contributed by atoms with van der Waals surface area (Å²) in [6.45, 7) is 4.73. The first-order valence-corrected chi connectivity index (χ1v) is 21.0. The van der Waals surface area contributed by atoms with E-state index in [1.807, 2.05) is 0 Å². The van der Waals surface area contributed by atoms with Gasteiger partial charge < -0.3 is 9.32 Å². The first kappa shape index (κ1) is 33.5. The summed E-state index contributed by atoms with van der Waals surface area (Å²) in [7, 11) is 0. The van der Waals surface area contributed by atoms with Crippen molar-refractivity contribution in [2.75, 3.05) is 4.90 Å². The van der Waals surface area contributed by atoms with Gasteiger partial charge in [-0.2, -0.15) is 0 Å². The third kappa shape index (κ3) is 4.27. The molecule has 0 bridgehead atoms. The first-order chi connectivity index (χ1) is 29.5. The molecule has 0 radical (unpaired) electrons. The molecular weight excluding hydrogens is 727 g/mol. The molecule has 3 aliphatic carbocycles. The van der Waals surface area contributed by atoms with Gasteiger partial charge in [0.1, 0.15) is 11.2 Å². The zero-order chi connectivity index (χ0) is 39.7. The van der Waals surface area contributed by atoms with Crippen LogP contribution >= 0.6 is 0 Å². The number of nitrogens with zero attached hydrogens (tertiary/aromatic N) is 1. The van der Waals surface area contributed by atoms with Gasteiger partial charge in [-0.1, -0.05) is 172 Å². The predicted molar refractivity (Wildman–Crippen MR) is 248 cm³/mol. The normalized spacial score (nSPS) is 14.4.